The number of rotatable bonds is 1. The van der Waals surface area contributed by atoms with E-state index in [-0.39, 0.29) is 32.3 Å². The fourth-order valence-corrected chi connectivity index (χ4v) is 0. The Bertz CT molecular complexity index is 44.1. The molecule has 0 aromatic carbocycles. The number of aliphatic carboxylic acids is 1. The van der Waals surface area contributed by atoms with Gasteiger partial charge in [0.2, 0.25) is 0 Å². The van der Waals surface area contributed by atoms with Crippen LogP contribution >= 0.6 is 0 Å². The van der Waals surface area contributed by atoms with Crippen LogP contribution in [0.3, 0.4) is 0 Å². The number of carboxylic acid groups (broad SMARTS) is 1. The molecule has 1 N–H and O–H groups in total. The Balaban J connectivity index is 0. The zero-order chi connectivity index (χ0) is 4.28. The van der Waals surface area contributed by atoms with Crippen molar-refractivity contribution in [3.63, 3.8) is 0 Å². The van der Waals surface area contributed by atoms with Crippen molar-refractivity contribution in [3.8, 4) is 0 Å². The second-order valence-corrected chi connectivity index (χ2v) is 0.747. The molecule has 0 saturated carbocycles. The van der Waals surface area contributed by atoms with Gasteiger partial charge in [-0.2, -0.15) is 0 Å². The van der Waals surface area contributed by atoms with Gasteiger partial charge in [-0.1, -0.05) is 6.92 Å². The van der Waals surface area contributed by atoms with E-state index in [1.54, 1.807) is 6.92 Å². The molecule has 0 fully saturated rings. The first-order chi connectivity index (χ1) is 2.27. The van der Waals surface area contributed by atoms with E-state index in [9.17, 15) is 4.79 Å². The molecule has 36 valence electrons. The molecule has 0 unspecified atom stereocenters. The van der Waals surface area contributed by atoms with Gasteiger partial charge in [0.1, 0.15) is 0 Å². The van der Waals surface area contributed by atoms with E-state index >= 15 is 0 Å². The van der Waals surface area contributed by atoms with Crippen LogP contribution in [-0.4, -0.2) is 36.9 Å². The summed E-state index contributed by atoms with van der Waals surface area (Å²) in [7, 11) is 0. The van der Waals surface area contributed by atoms with Gasteiger partial charge in [0, 0.05) is 6.42 Å². The Labute approximate surface area is 55.3 Å². The van der Waals surface area contributed by atoms with Crippen molar-refractivity contribution in [3.05, 3.63) is 0 Å². The van der Waals surface area contributed by atoms with Crippen LogP contribution in [-0.2, 0) is 4.79 Å². The molecule has 0 amide bonds. The minimum absolute atomic E-state index is 0. The second kappa shape index (κ2) is 5.34. The molecule has 0 aromatic rings. The summed E-state index contributed by atoms with van der Waals surface area (Å²) in [5.41, 5.74) is 0. The van der Waals surface area contributed by atoms with E-state index in [0.29, 0.717) is 0 Å². The van der Waals surface area contributed by atoms with Gasteiger partial charge >= 0.3 is 31.8 Å². The van der Waals surface area contributed by atoms with Crippen LogP contribution in [0.25, 0.3) is 0 Å². The van der Waals surface area contributed by atoms with E-state index in [2.05, 4.69) is 0 Å². The number of hydrogen-bond acceptors (Lipinski definition) is 1. The summed E-state index contributed by atoms with van der Waals surface area (Å²) in [6, 6.07) is 0. The molecule has 3 heteroatoms. The van der Waals surface area contributed by atoms with Crippen molar-refractivity contribution < 1.29 is 9.90 Å². The fraction of sp³-hybridized carbons (Fsp3) is 0.667. The van der Waals surface area contributed by atoms with Gasteiger partial charge in [0.25, 0.3) is 0 Å². The zero-order valence-electron chi connectivity index (χ0n) is 3.06. The summed E-state index contributed by atoms with van der Waals surface area (Å²) in [5.74, 6) is -0.745. The predicted octanol–water partition coefficient (Wildman–Crippen LogP) is -0.703. The van der Waals surface area contributed by atoms with Crippen molar-refractivity contribution in [2.45, 2.75) is 13.3 Å². The summed E-state index contributed by atoms with van der Waals surface area (Å²) in [6.07, 6.45) is 0.222. The van der Waals surface area contributed by atoms with Crippen LogP contribution < -0.4 is 0 Å². The second-order valence-electron chi connectivity index (χ2n) is 0.747. The van der Waals surface area contributed by atoms with Gasteiger partial charge in [-0.05, 0) is 0 Å². The Morgan fingerprint density at radius 3 is 2.00 bits per heavy atom. The molecule has 0 aliphatic carbocycles. The third-order valence-corrected chi connectivity index (χ3v) is 0.302. The first-order valence-corrected chi connectivity index (χ1v) is 1.49. The van der Waals surface area contributed by atoms with Gasteiger partial charge in [-0.15, -0.1) is 0 Å². The Morgan fingerprint density at radius 2 is 2.00 bits per heavy atom. The summed E-state index contributed by atoms with van der Waals surface area (Å²) in [6.45, 7) is 1.60. The van der Waals surface area contributed by atoms with Crippen LogP contribution in [0.5, 0.6) is 0 Å². The summed E-state index contributed by atoms with van der Waals surface area (Å²) < 4.78 is 0. The topological polar surface area (TPSA) is 37.3 Å². The molecule has 0 heterocycles. The molecule has 0 radical (unpaired) electrons. The molecule has 0 saturated heterocycles. The number of carbonyl (C=O) groups is 1. The Morgan fingerprint density at radius 1 is 1.83 bits per heavy atom. The predicted molar refractivity (Wildman–Crippen MR) is 27.9 cm³/mol. The number of hydrogen-bond donors (Lipinski definition) is 1. The normalized spacial score (nSPS) is 6.17. The van der Waals surface area contributed by atoms with Crippen molar-refractivity contribution in [1.82, 2.24) is 0 Å². The standard InChI is InChI=1S/C3H6O2.In.3H/c1-2-3(4)5;;;;/h2H2,1H3,(H,4,5);;;;. The Hall–Kier alpha value is 0.340. The molecular weight excluding hydrogens is 183 g/mol. The van der Waals surface area contributed by atoms with E-state index in [4.69, 9.17) is 5.11 Å². The number of carboxylic acids is 1. The van der Waals surface area contributed by atoms with E-state index in [1.165, 1.54) is 0 Å². The maximum absolute atomic E-state index is 9.37. The van der Waals surface area contributed by atoms with Crippen molar-refractivity contribution in [2.24, 2.45) is 0 Å². The third-order valence-electron chi connectivity index (χ3n) is 0.302. The molecule has 0 spiro atoms. The van der Waals surface area contributed by atoms with Gasteiger partial charge in [-0.25, -0.2) is 0 Å². The fourth-order valence-electron chi connectivity index (χ4n) is 0. The average Bonchev–Trinajstić information content (AvgIpc) is 1.38. The van der Waals surface area contributed by atoms with Crippen LogP contribution in [0.15, 0.2) is 0 Å². The molecule has 0 bridgehead atoms. The zero-order valence-corrected chi connectivity index (χ0v) is 3.06. The van der Waals surface area contributed by atoms with E-state index in [0.717, 1.165) is 0 Å². The van der Waals surface area contributed by atoms with Gasteiger partial charge in [0.05, 0.1) is 0 Å². The molecule has 6 heavy (non-hydrogen) atoms. The molecule has 0 atom stereocenters. The maximum atomic E-state index is 9.37. The molecule has 0 aliphatic rings. The molecule has 0 rings (SSSR count). The van der Waals surface area contributed by atoms with E-state index < -0.39 is 5.97 Å². The van der Waals surface area contributed by atoms with Gasteiger partial charge < -0.3 is 5.11 Å². The van der Waals surface area contributed by atoms with Crippen LogP contribution in [0.1, 0.15) is 13.3 Å². The minimum atomic E-state index is -0.745. The average molecular weight is 192 g/mol. The quantitative estimate of drug-likeness (QED) is 0.596. The van der Waals surface area contributed by atoms with Crippen LogP contribution in [0.2, 0.25) is 0 Å². The Kier molecular flexibility index (Phi) is 8.54. The molecule has 0 aromatic heterocycles. The summed E-state index contributed by atoms with van der Waals surface area (Å²) in [5, 5.41) is 7.72. The van der Waals surface area contributed by atoms with Crippen molar-refractivity contribution in [1.29, 1.82) is 0 Å². The van der Waals surface area contributed by atoms with E-state index in [1.807, 2.05) is 0 Å². The summed E-state index contributed by atoms with van der Waals surface area (Å²) in [4.78, 5) is 9.37. The summed E-state index contributed by atoms with van der Waals surface area (Å²) >= 11 is 0. The van der Waals surface area contributed by atoms with Crippen LogP contribution in [0, 0.1) is 0 Å². The molecular formula is C3H9InO2. The van der Waals surface area contributed by atoms with Crippen molar-refractivity contribution in [2.75, 3.05) is 0 Å². The third kappa shape index (κ3) is 8.84. The SMILES string of the molecule is CCC(=O)O.[InH3]. The molecule has 2 nitrogen and oxygen atoms in total. The monoisotopic (exact) mass is 192 g/mol. The van der Waals surface area contributed by atoms with Crippen molar-refractivity contribution >= 4 is 31.8 Å². The molecule has 0 aliphatic heterocycles. The first kappa shape index (κ1) is 9.60. The van der Waals surface area contributed by atoms with Gasteiger partial charge in [-0.3, -0.25) is 4.79 Å². The first-order valence-electron chi connectivity index (χ1n) is 1.49. The van der Waals surface area contributed by atoms with Gasteiger partial charge in [0.15, 0.2) is 0 Å². The van der Waals surface area contributed by atoms with Crippen LogP contribution in [0.4, 0.5) is 0 Å².